The van der Waals surface area contributed by atoms with Crippen molar-refractivity contribution in [1.29, 1.82) is 0 Å². The topological polar surface area (TPSA) is 12.5 Å². The molecule has 0 N–H and O–H groups in total. The summed E-state index contributed by atoms with van der Waals surface area (Å²) in [5, 5.41) is 0. The number of nitrogens with zero attached hydrogens (tertiary/aromatic N) is 1. The Morgan fingerprint density at radius 3 is 2.15 bits per heavy atom. The average Bonchev–Trinajstić information content (AvgIpc) is 2.23. The summed E-state index contributed by atoms with van der Waals surface area (Å²) < 4.78 is 6.06. The van der Waals surface area contributed by atoms with Crippen molar-refractivity contribution in [3.63, 3.8) is 0 Å². The highest BCUT2D eigenvalue weighted by Gasteiger charge is 2.40. The van der Waals surface area contributed by atoms with Crippen molar-refractivity contribution in [3.8, 4) is 0 Å². The van der Waals surface area contributed by atoms with Crippen LogP contribution in [0.1, 0.15) is 40.0 Å². The quantitative estimate of drug-likeness (QED) is 0.669. The molecule has 0 saturated carbocycles. The third kappa shape index (κ3) is 3.28. The van der Waals surface area contributed by atoms with Gasteiger partial charge in [0.2, 0.25) is 0 Å². The van der Waals surface area contributed by atoms with Gasteiger partial charge in [-0.15, -0.1) is 0 Å². The van der Waals surface area contributed by atoms with E-state index in [1.54, 1.807) is 0 Å². The molecule has 1 aliphatic rings. The number of hydrogen-bond donors (Lipinski definition) is 0. The molecule has 0 aromatic rings. The zero-order valence-electron chi connectivity index (χ0n) is 9.68. The van der Waals surface area contributed by atoms with Crippen LogP contribution in [0, 0.1) is 0 Å². The molecule has 1 heterocycles. The van der Waals surface area contributed by atoms with Gasteiger partial charge in [0, 0.05) is 6.54 Å². The van der Waals surface area contributed by atoms with E-state index in [1.807, 2.05) is 0 Å². The molecule has 2 heteroatoms. The van der Waals surface area contributed by atoms with Gasteiger partial charge in [-0.1, -0.05) is 0 Å². The summed E-state index contributed by atoms with van der Waals surface area (Å²) in [6.45, 7) is 7.74. The van der Waals surface area contributed by atoms with Crippen LogP contribution in [-0.2, 0) is 4.74 Å². The second kappa shape index (κ2) is 3.58. The lowest BCUT2D eigenvalue weighted by Crippen LogP contribution is -2.32. The fraction of sp³-hybridized carbons (Fsp3) is 1.00. The summed E-state index contributed by atoms with van der Waals surface area (Å²) >= 11 is 0. The lowest BCUT2D eigenvalue weighted by molar-refractivity contribution is -0.0809. The normalized spacial score (nSPS) is 32.8. The van der Waals surface area contributed by atoms with E-state index in [0.29, 0.717) is 0 Å². The van der Waals surface area contributed by atoms with Crippen LogP contribution >= 0.6 is 0 Å². The monoisotopic (exact) mass is 185 g/mol. The third-order valence-corrected chi connectivity index (χ3v) is 2.87. The van der Waals surface area contributed by atoms with Gasteiger partial charge in [-0.2, -0.15) is 0 Å². The number of hydrogen-bond acceptors (Lipinski definition) is 2. The molecule has 0 aliphatic carbocycles. The van der Waals surface area contributed by atoms with Crippen molar-refractivity contribution < 1.29 is 4.74 Å². The molecule has 0 spiro atoms. The molecule has 13 heavy (non-hydrogen) atoms. The SMILES string of the molecule is CN(C)CCC1(C)CCC(C)(C)O1. The van der Waals surface area contributed by atoms with Crippen LogP contribution in [0.25, 0.3) is 0 Å². The van der Waals surface area contributed by atoms with Crippen LogP contribution in [0.5, 0.6) is 0 Å². The van der Waals surface area contributed by atoms with Gasteiger partial charge in [0.15, 0.2) is 0 Å². The van der Waals surface area contributed by atoms with E-state index >= 15 is 0 Å². The van der Waals surface area contributed by atoms with Crippen molar-refractivity contribution in [2.45, 2.75) is 51.2 Å². The molecule has 1 fully saturated rings. The van der Waals surface area contributed by atoms with E-state index in [2.05, 4.69) is 39.8 Å². The molecule has 2 nitrogen and oxygen atoms in total. The van der Waals surface area contributed by atoms with Gasteiger partial charge >= 0.3 is 0 Å². The van der Waals surface area contributed by atoms with E-state index in [9.17, 15) is 0 Å². The van der Waals surface area contributed by atoms with Crippen molar-refractivity contribution in [1.82, 2.24) is 4.90 Å². The summed E-state index contributed by atoms with van der Waals surface area (Å²) in [5.41, 5.74) is 0.217. The van der Waals surface area contributed by atoms with Gasteiger partial charge in [0.25, 0.3) is 0 Å². The zero-order chi connectivity index (χ0) is 10.1. The molecule has 0 amide bonds. The predicted molar refractivity (Wildman–Crippen MR) is 56.0 cm³/mol. The van der Waals surface area contributed by atoms with Gasteiger partial charge < -0.3 is 9.64 Å². The molecule has 1 aliphatic heterocycles. The van der Waals surface area contributed by atoms with Crippen molar-refractivity contribution in [2.24, 2.45) is 0 Å². The van der Waals surface area contributed by atoms with E-state index in [1.165, 1.54) is 12.8 Å². The molecule has 1 rings (SSSR count). The van der Waals surface area contributed by atoms with Gasteiger partial charge in [-0.25, -0.2) is 0 Å². The smallest absolute Gasteiger partial charge is 0.0675 e. The molecular weight excluding hydrogens is 162 g/mol. The number of ether oxygens (including phenoxy) is 1. The molecule has 1 unspecified atom stereocenters. The Hall–Kier alpha value is -0.0800. The molecule has 1 atom stereocenters. The van der Waals surface area contributed by atoms with Crippen LogP contribution in [0.4, 0.5) is 0 Å². The molecule has 1 saturated heterocycles. The molecule has 0 radical (unpaired) electrons. The molecule has 0 bridgehead atoms. The Balaban J connectivity index is 2.41. The third-order valence-electron chi connectivity index (χ3n) is 2.87. The lowest BCUT2D eigenvalue weighted by Gasteiger charge is -2.29. The first-order chi connectivity index (χ1) is 5.83. The standard InChI is InChI=1S/C11H23NO/c1-10(2)6-7-11(3,13-10)8-9-12(4)5/h6-9H2,1-5H3. The first-order valence-corrected chi connectivity index (χ1v) is 5.18. The minimum Gasteiger partial charge on any atom is -0.369 e. The zero-order valence-corrected chi connectivity index (χ0v) is 9.68. The maximum Gasteiger partial charge on any atom is 0.0675 e. The maximum atomic E-state index is 6.06. The second-order valence-corrected chi connectivity index (χ2v) is 5.36. The molecule has 0 aromatic carbocycles. The van der Waals surface area contributed by atoms with Crippen LogP contribution in [-0.4, -0.2) is 36.7 Å². The maximum absolute atomic E-state index is 6.06. The minimum absolute atomic E-state index is 0.0983. The van der Waals surface area contributed by atoms with Crippen molar-refractivity contribution in [2.75, 3.05) is 20.6 Å². The Kier molecular flexibility index (Phi) is 3.03. The molecule has 0 aromatic heterocycles. The summed E-state index contributed by atoms with van der Waals surface area (Å²) in [6.07, 6.45) is 3.54. The Morgan fingerprint density at radius 1 is 1.15 bits per heavy atom. The summed E-state index contributed by atoms with van der Waals surface area (Å²) in [7, 11) is 4.23. The first-order valence-electron chi connectivity index (χ1n) is 5.18. The second-order valence-electron chi connectivity index (χ2n) is 5.36. The van der Waals surface area contributed by atoms with E-state index in [4.69, 9.17) is 4.74 Å². The van der Waals surface area contributed by atoms with Crippen LogP contribution < -0.4 is 0 Å². The van der Waals surface area contributed by atoms with Gasteiger partial charge in [0.05, 0.1) is 11.2 Å². The predicted octanol–water partition coefficient (Wildman–Crippen LogP) is 2.29. The fourth-order valence-electron chi connectivity index (χ4n) is 1.97. The van der Waals surface area contributed by atoms with Gasteiger partial charge in [-0.05, 0) is 54.1 Å². The largest absolute Gasteiger partial charge is 0.369 e. The van der Waals surface area contributed by atoms with Crippen LogP contribution in [0.2, 0.25) is 0 Å². The lowest BCUT2D eigenvalue weighted by atomic mass is 9.96. The summed E-state index contributed by atoms with van der Waals surface area (Å²) in [4.78, 5) is 2.22. The number of rotatable bonds is 3. The Bertz CT molecular complexity index is 177. The average molecular weight is 185 g/mol. The highest BCUT2D eigenvalue weighted by molar-refractivity contribution is 4.90. The highest BCUT2D eigenvalue weighted by atomic mass is 16.5. The van der Waals surface area contributed by atoms with Gasteiger partial charge in [-0.3, -0.25) is 0 Å². The summed E-state index contributed by atoms with van der Waals surface area (Å²) in [6, 6.07) is 0. The Morgan fingerprint density at radius 2 is 1.77 bits per heavy atom. The van der Waals surface area contributed by atoms with Crippen molar-refractivity contribution in [3.05, 3.63) is 0 Å². The fourth-order valence-corrected chi connectivity index (χ4v) is 1.97. The highest BCUT2D eigenvalue weighted by Crippen LogP contribution is 2.39. The van der Waals surface area contributed by atoms with E-state index in [-0.39, 0.29) is 11.2 Å². The van der Waals surface area contributed by atoms with Gasteiger partial charge in [0.1, 0.15) is 0 Å². The van der Waals surface area contributed by atoms with Crippen molar-refractivity contribution >= 4 is 0 Å². The minimum atomic E-state index is 0.0983. The summed E-state index contributed by atoms with van der Waals surface area (Å²) in [5.74, 6) is 0. The van der Waals surface area contributed by atoms with Crippen LogP contribution in [0.15, 0.2) is 0 Å². The Labute approximate surface area is 82.3 Å². The van der Waals surface area contributed by atoms with E-state index < -0.39 is 0 Å². The molecular formula is C11H23NO. The van der Waals surface area contributed by atoms with Crippen LogP contribution in [0.3, 0.4) is 0 Å². The van der Waals surface area contributed by atoms with E-state index in [0.717, 1.165) is 13.0 Å². The molecule has 78 valence electrons. The first kappa shape index (κ1) is 11.0.